The van der Waals surface area contributed by atoms with E-state index in [0.717, 1.165) is 23.3 Å². The van der Waals surface area contributed by atoms with E-state index >= 15 is 0 Å². The van der Waals surface area contributed by atoms with Crippen molar-refractivity contribution < 1.29 is 9.53 Å². The van der Waals surface area contributed by atoms with E-state index in [9.17, 15) is 10.1 Å². The van der Waals surface area contributed by atoms with Gasteiger partial charge >= 0.3 is 0 Å². The highest BCUT2D eigenvalue weighted by Crippen LogP contribution is 2.22. The number of aromatic nitrogens is 1. The second-order valence-corrected chi connectivity index (χ2v) is 4.79. The van der Waals surface area contributed by atoms with E-state index < -0.39 is 5.91 Å². The molecule has 1 aromatic heterocycles. The molecule has 5 nitrogen and oxygen atoms in total. The highest BCUT2D eigenvalue weighted by atomic mass is 16.5. The van der Waals surface area contributed by atoms with Crippen LogP contribution in [0.15, 0.2) is 48.3 Å². The quantitative estimate of drug-likeness (QED) is 0.680. The van der Waals surface area contributed by atoms with Crippen LogP contribution in [0.25, 0.3) is 6.08 Å². The lowest BCUT2D eigenvalue weighted by Gasteiger charge is -2.08. The van der Waals surface area contributed by atoms with Crippen LogP contribution in [0.4, 0.5) is 5.69 Å². The normalized spacial score (nSPS) is 10.7. The van der Waals surface area contributed by atoms with Gasteiger partial charge in [-0.05, 0) is 47.9 Å². The molecule has 0 bridgehead atoms. The molecule has 0 atom stereocenters. The van der Waals surface area contributed by atoms with E-state index in [2.05, 4.69) is 10.3 Å². The molecule has 0 aliphatic heterocycles. The number of anilines is 1. The van der Waals surface area contributed by atoms with Gasteiger partial charge in [-0.1, -0.05) is 13.0 Å². The summed E-state index contributed by atoms with van der Waals surface area (Å²) in [7, 11) is 1.62. The number of pyridine rings is 1. The number of aryl methyl sites for hydroxylation is 1. The maximum absolute atomic E-state index is 12.2. The van der Waals surface area contributed by atoms with E-state index in [1.165, 1.54) is 6.20 Å². The number of carbonyl (C=O) groups is 1. The SMILES string of the molecule is CCc1cc(/C=C(\C#N)C(=O)Nc2cccnc2)ccc1OC. The van der Waals surface area contributed by atoms with E-state index in [-0.39, 0.29) is 5.57 Å². The number of carbonyl (C=O) groups excluding carboxylic acids is 1. The lowest BCUT2D eigenvalue weighted by atomic mass is 10.0. The zero-order valence-electron chi connectivity index (χ0n) is 13.0. The van der Waals surface area contributed by atoms with E-state index in [0.29, 0.717) is 5.69 Å². The van der Waals surface area contributed by atoms with Crippen molar-refractivity contribution >= 4 is 17.7 Å². The Morgan fingerprint density at radius 2 is 2.26 bits per heavy atom. The zero-order valence-corrected chi connectivity index (χ0v) is 13.0. The number of benzene rings is 1. The first-order chi connectivity index (χ1) is 11.2. The highest BCUT2D eigenvalue weighted by molar-refractivity contribution is 6.09. The maximum Gasteiger partial charge on any atom is 0.266 e. The minimum absolute atomic E-state index is 0.0288. The predicted molar refractivity (Wildman–Crippen MR) is 88.8 cm³/mol. The molecule has 2 rings (SSSR count). The van der Waals surface area contributed by atoms with Crippen LogP contribution in [-0.4, -0.2) is 18.0 Å². The molecule has 0 aliphatic rings. The van der Waals surface area contributed by atoms with E-state index in [1.54, 1.807) is 31.5 Å². The largest absolute Gasteiger partial charge is 0.496 e. The molecule has 23 heavy (non-hydrogen) atoms. The lowest BCUT2D eigenvalue weighted by Crippen LogP contribution is -2.13. The summed E-state index contributed by atoms with van der Waals surface area (Å²) >= 11 is 0. The van der Waals surface area contributed by atoms with Gasteiger partial charge < -0.3 is 10.1 Å². The summed E-state index contributed by atoms with van der Waals surface area (Å²) in [5.74, 6) is 0.331. The molecular formula is C18H17N3O2. The number of amides is 1. The van der Waals surface area contributed by atoms with Gasteiger partial charge in [0.15, 0.2) is 0 Å². The Balaban J connectivity index is 2.25. The molecule has 0 saturated heterocycles. The van der Waals surface area contributed by atoms with Gasteiger partial charge in [0.05, 0.1) is 19.0 Å². The van der Waals surface area contributed by atoms with Gasteiger partial charge in [-0.2, -0.15) is 5.26 Å². The number of nitriles is 1. The molecule has 0 fully saturated rings. The molecule has 0 unspecified atom stereocenters. The van der Waals surface area contributed by atoms with Gasteiger partial charge in [0.2, 0.25) is 0 Å². The minimum atomic E-state index is -0.464. The summed E-state index contributed by atoms with van der Waals surface area (Å²) in [6.07, 6.45) is 5.49. The van der Waals surface area contributed by atoms with Crippen molar-refractivity contribution in [2.45, 2.75) is 13.3 Å². The number of nitrogens with zero attached hydrogens (tertiary/aromatic N) is 2. The molecule has 0 spiro atoms. The van der Waals surface area contributed by atoms with Crippen molar-refractivity contribution in [2.24, 2.45) is 0 Å². The Hall–Kier alpha value is -3.13. The molecule has 1 N–H and O–H groups in total. The Bertz CT molecular complexity index is 762. The topological polar surface area (TPSA) is 75.0 Å². The van der Waals surface area contributed by atoms with Crippen molar-refractivity contribution in [1.82, 2.24) is 4.98 Å². The standard InChI is InChI=1S/C18H17N3O2/c1-3-14-9-13(6-7-17(14)23-2)10-15(11-19)18(22)21-16-5-4-8-20-12-16/h4-10,12H,3H2,1-2H3,(H,21,22)/b15-10+. The molecule has 0 radical (unpaired) electrons. The van der Waals surface area contributed by atoms with Crippen molar-refractivity contribution in [3.63, 3.8) is 0 Å². The molecule has 5 heteroatoms. The van der Waals surface area contributed by atoms with Crippen LogP contribution in [-0.2, 0) is 11.2 Å². The molecular weight excluding hydrogens is 290 g/mol. The molecule has 1 aromatic carbocycles. The van der Waals surface area contributed by atoms with Crippen LogP contribution in [0.5, 0.6) is 5.75 Å². The Kier molecular flexibility index (Phi) is 5.48. The van der Waals surface area contributed by atoms with Gasteiger partial charge in [0, 0.05) is 6.20 Å². The van der Waals surface area contributed by atoms with Crippen LogP contribution < -0.4 is 10.1 Å². The van der Waals surface area contributed by atoms with Crippen molar-refractivity contribution in [1.29, 1.82) is 5.26 Å². The fourth-order valence-corrected chi connectivity index (χ4v) is 2.11. The molecule has 1 amide bonds. The number of ether oxygens (including phenoxy) is 1. The third kappa shape index (κ3) is 4.17. The molecule has 1 heterocycles. The number of methoxy groups -OCH3 is 1. The Morgan fingerprint density at radius 1 is 1.43 bits per heavy atom. The van der Waals surface area contributed by atoms with Crippen molar-refractivity contribution in [3.05, 3.63) is 59.4 Å². The third-order valence-corrected chi connectivity index (χ3v) is 3.28. The predicted octanol–water partition coefficient (Wildman–Crippen LogP) is 3.20. The second-order valence-electron chi connectivity index (χ2n) is 4.79. The van der Waals surface area contributed by atoms with Gasteiger partial charge in [-0.15, -0.1) is 0 Å². The first kappa shape index (κ1) is 16.2. The monoisotopic (exact) mass is 307 g/mol. The average Bonchev–Trinajstić information content (AvgIpc) is 2.60. The summed E-state index contributed by atoms with van der Waals surface area (Å²) in [5.41, 5.74) is 2.37. The molecule has 0 saturated carbocycles. The van der Waals surface area contributed by atoms with E-state index in [4.69, 9.17) is 4.74 Å². The minimum Gasteiger partial charge on any atom is -0.496 e. The maximum atomic E-state index is 12.2. The summed E-state index contributed by atoms with van der Waals surface area (Å²) in [6, 6.07) is 10.9. The molecule has 2 aromatic rings. The van der Waals surface area contributed by atoms with Crippen molar-refractivity contribution in [2.75, 3.05) is 12.4 Å². The summed E-state index contributed by atoms with van der Waals surface area (Å²) < 4.78 is 5.28. The lowest BCUT2D eigenvalue weighted by molar-refractivity contribution is -0.112. The highest BCUT2D eigenvalue weighted by Gasteiger charge is 2.10. The van der Waals surface area contributed by atoms with Crippen LogP contribution in [0.1, 0.15) is 18.1 Å². The van der Waals surface area contributed by atoms with E-state index in [1.807, 2.05) is 31.2 Å². The zero-order chi connectivity index (χ0) is 16.7. The number of rotatable bonds is 5. The van der Waals surface area contributed by atoms with Gasteiger partial charge in [-0.25, -0.2) is 0 Å². The molecule has 116 valence electrons. The van der Waals surface area contributed by atoms with Crippen LogP contribution in [0.2, 0.25) is 0 Å². The average molecular weight is 307 g/mol. The fourth-order valence-electron chi connectivity index (χ4n) is 2.11. The fraction of sp³-hybridized carbons (Fsp3) is 0.167. The van der Waals surface area contributed by atoms with Gasteiger partial charge in [0.1, 0.15) is 17.4 Å². The second kappa shape index (κ2) is 7.76. The number of hydrogen-bond donors (Lipinski definition) is 1. The first-order valence-corrected chi connectivity index (χ1v) is 7.18. The van der Waals surface area contributed by atoms with Gasteiger partial charge in [-0.3, -0.25) is 9.78 Å². The summed E-state index contributed by atoms with van der Waals surface area (Å²) in [4.78, 5) is 16.1. The summed E-state index contributed by atoms with van der Waals surface area (Å²) in [5, 5.41) is 11.9. The Morgan fingerprint density at radius 3 is 2.87 bits per heavy atom. The number of hydrogen-bond acceptors (Lipinski definition) is 4. The first-order valence-electron chi connectivity index (χ1n) is 7.18. The molecule has 0 aliphatic carbocycles. The van der Waals surface area contributed by atoms with Crippen LogP contribution in [0.3, 0.4) is 0 Å². The smallest absolute Gasteiger partial charge is 0.266 e. The van der Waals surface area contributed by atoms with Gasteiger partial charge in [0.25, 0.3) is 5.91 Å². The van der Waals surface area contributed by atoms with Crippen LogP contribution >= 0.6 is 0 Å². The number of nitrogens with one attached hydrogen (secondary N) is 1. The summed E-state index contributed by atoms with van der Waals surface area (Å²) in [6.45, 7) is 2.02. The van der Waals surface area contributed by atoms with Crippen molar-refractivity contribution in [3.8, 4) is 11.8 Å². The Labute approximate surface area is 135 Å². The third-order valence-electron chi connectivity index (χ3n) is 3.28. The van der Waals surface area contributed by atoms with Crippen LogP contribution in [0, 0.1) is 11.3 Å².